The highest BCUT2D eigenvalue weighted by Gasteiger charge is 2.20. The molecule has 1 amide bonds. The molecule has 19 heavy (non-hydrogen) atoms. The number of carboxylic acids is 1. The molecule has 0 saturated carbocycles. The molecule has 106 valence electrons. The number of aliphatic carboxylic acids is 1. The van der Waals surface area contributed by atoms with Crippen LogP contribution in [-0.4, -0.2) is 59.5 Å². The van der Waals surface area contributed by atoms with E-state index in [-0.39, 0.29) is 12.3 Å². The van der Waals surface area contributed by atoms with Gasteiger partial charge in [0.05, 0.1) is 6.42 Å². The second-order valence-electron chi connectivity index (χ2n) is 4.78. The topological polar surface area (TPSA) is 60.9 Å². The fourth-order valence-electron chi connectivity index (χ4n) is 2.14. The first-order valence-electron chi connectivity index (χ1n) is 6.79. The van der Waals surface area contributed by atoms with Crippen molar-refractivity contribution in [1.29, 1.82) is 0 Å². The van der Waals surface area contributed by atoms with Gasteiger partial charge in [-0.25, -0.2) is 0 Å². The molecule has 1 saturated heterocycles. The lowest BCUT2D eigenvalue weighted by atomic mass is 10.1. The zero-order valence-corrected chi connectivity index (χ0v) is 11.3. The third-order valence-corrected chi connectivity index (χ3v) is 3.33. The molecule has 1 fully saturated rings. The summed E-state index contributed by atoms with van der Waals surface area (Å²) in [5, 5.41) is 8.62. The van der Waals surface area contributed by atoms with Gasteiger partial charge in [-0.1, -0.05) is 0 Å². The van der Waals surface area contributed by atoms with Crippen molar-refractivity contribution in [3.05, 3.63) is 0 Å². The van der Waals surface area contributed by atoms with Crippen LogP contribution in [-0.2, 0) is 9.59 Å². The Labute approximate surface area is 114 Å². The smallest absolute Gasteiger partial charge is 0.304 e. The fourth-order valence-corrected chi connectivity index (χ4v) is 2.14. The van der Waals surface area contributed by atoms with Crippen LogP contribution in [0.15, 0.2) is 0 Å². The average Bonchev–Trinajstić information content (AvgIpc) is 2.41. The molecular formula is C14H22N2O3. The summed E-state index contributed by atoms with van der Waals surface area (Å²) in [6.45, 7) is 3.51. The van der Waals surface area contributed by atoms with Crippen molar-refractivity contribution in [3.8, 4) is 12.3 Å². The van der Waals surface area contributed by atoms with Gasteiger partial charge in [-0.2, -0.15) is 0 Å². The Hall–Kier alpha value is -1.54. The zero-order valence-electron chi connectivity index (χ0n) is 11.3. The molecule has 1 N–H and O–H groups in total. The number of hydrogen-bond donors (Lipinski definition) is 1. The molecule has 0 aromatic heterocycles. The van der Waals surface area contributed by atoms with E-state index in [1.807, 2.05) is 4.90 Å². The highest BCUT2D eigenvalue weighted by molar-refractivity contribution is 5.76. The van der Waals surface area contributed by atoms with E-state index in [4.69, 9.17) is 11.5 Å². The van der Waals surface area contributed by atoms with Gasteiger partial charge >= 0.3 is 5.97 Å². The van der Waals surface area contributed by atoms with Crippen LogP contribution in [0.4, 0.5) is 0 Å². The maximum absolute atomic E-state index is 11.9. The van der Waals surface area contributed by atoms with E-state index in [1.54, 1.807) is 0 Å². The van der Waals surface area contributed by atoms with Crippen molar-refractivity contribution in [2.45, 2.75) is 32.1 Å². The van der Waals surface area contributed by atoms with Crippen molar-refractivity contribution in [1.82, 2.24) is 9.80 Å². The largest absolute Gasteiger partial charge is 0.481 e. The van der Waals surface area contributed by atoms with Crippen molar-refractivity contribution >= 4 is 11.9 Å². The summed E-state index contributed by atoms with van der Waals surface area (Å²) >= 11 is 0. The van der Waals surface area contributed by atoms with Crippen LogP contribution in [0.5, 0.6) is 0 Å². The summed E-state index contributed by atoms with van der Waals surface area (Å²) in [5.41, 5.74) is 0. The second-order valence-corrected chi connectivity index (χ2v) is 4.78. The van der Waals surface area contributed by atoms with Crippen molar-refractivity contribution in [2.75, 3.05) is 32.7 Å². The molecule has 1 aliphatic rings. The third kappa shape index (κ3) is 6.25. The van der Waals surface area contributed by atoms with E-state index in [9.17, 15) is 9.59 Å². The molecular weight excluding hydrogens is 244 g/mol. The van der Waals surface area contributed by atoms with Crippen LogP contribution in [0.25, 0.3) is 0 Å². The molecule has 5 nitrogen and oxygen atoms in total. The number of rotatable bonds is 7. The molecule has 0 unspecified atom stereocenters. The minimum atomic E-state index is -0.771. The molecule has 0 radical (unpaired) electrons. The van der Waals surface area contributed by atoms with E-state index < -0.39 is 5.97 Å². The minimum Gasteiger partial charge on any atom is -0.481 e. The Morgan fingerprint density at radius 1 is 1.11 bits per heavy atom. The van der Waals surface area contributed by atoms with Gasteiger partial charge < -0.3 is 10.0 Å². The Morgan fingerprint density at radius 3 is 2.37 bits per heavy atom. The lowest BCUT2D eigenvalue weighted by Crippen LogP contribution is -2.49. The van der Waals surface area contributed by atoms with Gasteiger partial charge in [-0.05, 0) is 12.8 Å². The number of carboxylic acid groups (broad SMARTS) is 1. The number of nitrogens with zero attached hydrogens (tertiary/aromatic N) is 2. The van der Waals surface area contributed by atoms with E-state index in [2.05, 4.69) is 10.8 Å². The summed E-state index contributed by atoms with van der Waals surface area (Å²) < 4.78 is 0. The minimum absolute atomic E-state index is 0.167. The molecule has 0 aromatic rings. The van der Waals surface area contributed by atoms with Crippen molar-refractivity contribution in [3.63, 3.8) is 0 Å². The quantitative estimate of drug-likeness (QED) is 0.547. The Bertz CT molecular complexity index is 341. The average molecular weight is 266 g/mol. The van der Waals surface area contributed by atoms with Crippen LogP contribution >= 0.6 is 0 Å². The number of carbonyl (C=O) groups excluding carboxylic acids is 1. The summed E-state index contributed by atoms with van der Waals surface area (Å²) in [5.74, 6) is 1.99. The maximum atomic E-state index is 11.9. The summed E-state index contributed by atoms with van der Waals surface area (Å²) in [6, 6.07) is 0. The highest BCUT2D eigenvalue weighted by atomic mass is 16.4. The van der Waals surface area contributed by atoms with E-state index in [0.717, 1.165) is 32.4 Å². The van der Waals surface area contributed by atoms with Gasteiger partial charge in [-0.3, -0.25) is 14.5 Å². The SMILES string of the molecule is C#CCCCCC(=O)N1CCN(CCC(=O)O)CC1. The van der Waals surface area contributed by atoms with E-state index in [1.165, 1.54) is 0 Å². The number of amides is 1. The Kier molecular flexibility index (Phi) is 6.98. The number of unbranched alkanes of at least 4 members (excludes halogenated alkanes) is 2. The Morgan fingerprint density at radius 2 is 1.79 bits per heavy atom. The van der Waals surface area contributed by atoms with Crippen LogP contribution in [0.2, 0.25) is 0 Å². The van der Waals surface area contributed by atoms with Gasteiger partial charge in [0.1, 0.15) is 0 Å². The fraction of sp³-hybridized carbons (Fsp3) is 0.714. The molecule has 0 bridgehead atoms. The van der Waals surface area contributed by atoms with Gasteiger partial charge in [0.2, 0.25) is 5.91 Å². The first kappa shape index (κ1) is 15.5. The predicted molar refractivity (Wildman–Crippen MR) is 72.6 cm³/mol. The molecule has 1 aliphatic heterocycles. The predicted octanol–water partition coefficient (Wildman–Crippen LogP) is 0.799. The van der Waals surface area contributed by atoms with Crippen molar-refractivity contribution < 1.29 is 14.7 Å². The standard InChI is InChI=1S/C14H22N2O3/c1-2-3-4-5-6-13(17)16-11-9-15(10-12-16)8-7-14(18)19/h1H,3-12H2,(H,18,19). The molecule has 0 aromatic carbocycles. The van der Waals surface area contributed by atoms with Gasteiger partial charge in [0.15, 0.2) is 0 Å². The molecule has 1 heterocycles. The molecule has 0 spiro atoms. The van der Waals surface area contributed by atoms with E-state index >= 15 is 0 Å². The molecule has 1 rings (SSSR count). The molecule has 5 heteroatoms. The second kappa shape index (κ2) is 8.54. The van der Waals surface area contributed by atoms with Gasteiger partial charge in [-0.15, -0.1) is 12.3 Å². The number of terminal acetylenes is 1. The van der Waals surface area contributed by atoms with Gasteiger partial charge in [0.25, 0.3) is 0 Å². The number of hydrogen-bond acceptors (Lipinski definition) is 3. The first-order valence-corrected chi connectivity index (χ1v) is 6.79. The van der Waals surface area contributed by atoms with E-state index in [0.29, 0.717) is 26.1 Å². The summed E-state index contributed by atoms with van der Waals surface area (Å²) in [4.78, 5) is 26.3. The molecule has 0 atom stereocenters. The monoisotopic (exact) mass is 266 g/mol. The summed E-state index contributed by atoms with van der Waals surface area (Å²) in [7, 11) is 0. The lowest BCUT2D eigenvalue weighted by Gasteiger charge is -2.34. The number of carbonyl (C=O) groups is 2. The van der Waals surface area contributed by atoms with Crippen LogP contribution in [0.3, 0.4) is 0 Å². The number of piperazine rings is 1. The molecule has 0 aliphatic carbocycles. The third-order valence-electron chi connectivity index (χ3n) is 3.33. The van der Waals surface area contributed by atoms with Crippen molar-refractivity contribution in [2.24, 2.45) is 0 Å². The Balaban J connectivity index is 2.16. The van der Waals surface area contributed by atoms with Gasteiger partial charge in [0, 0.05) is 45.6 Å². The van der Waals surface area contributed by atoms with Crippen LogP contribution < -0.4 is 0 Å². The maximum Gasteiger partial charge on any atom is 0.304 e. The summed E-state index contributed by atoms with van der Waals surface area (Å²) in [6.07, 6.45) is 8.38. The first-order chi connectivity index (χ1) is 9.13. The zero-order chi connectivity index (χ0) is 14.1. The van der Waals surface area contributed by atoms with Crippen LogP contribution in [0.1, 0.15) is 32.1 Å². The highest BCUT2D eigenvalue weighted by Crippen LogP contribution is 2.07. The lowest BCUT2D eigenvalue weighted by molar-refractivity contribution is -0.138. The van der Waals surface area contributed by atoms with Crippen LogP contribution in [0, 0.1) is 12.3 Å². The normalized spacial score (nSPS) is 16.1.